The Morgan fingerprint density at radius 1 is 0.680 bits per heavy atom. The van der Waals surface area contributed by atoms with Crippen molar-refractivity contribution in [2.45, 2.75) is 148 Å². The second-order valence-electron chi connectivity index (χ2n) is 15.1. The molecule has 50 heavy (non-hydrogen) atoms. The fourth-order valence-corrected chi connectivity index (χ4v) is 6.95. The van der Waals surface area contributed by atoms with Crippen LogP contribution in [-0.4, -0.2) is 60.6 Å². The van der Waals surface area contributed by atoms with Crippen molar-refractivity contribution in [2.24, 2.45) is 0 Å². The minimum absolute atomic E-state index is 0.0679. The Morgan fingerprint density at radius 2 is 1.20 bits per heavy atom. The van der Waals surface area contributed by atoms with Crippen molar-refractivity contribution in [3.63, 3.8) is 0 Å². The lowest BCUT2D eigenvalue weighted by Gasteiger charge is -2.29. The topological polar surface area (TPSA) is 105 Å². The molecule has 1 atom stereocenters. The van der Waals surface area contributed by atoms with E-state index in [1.54, 1.807) is 0 Å². The van der Waals surface area contributed by atoms with Crippen LogP contribution < -0.4 is 5.32 Å². The molecule has 0 spiro atoms. The number of rotatable bonds is 31. The quantitative estimate of drug-likeness (QED) is 0.0407. The van der Waals surface area contributed by atoms with E-state index in [9.17, 15) is 19.1 Å². The Kier molecular flexibility index (Phi) is 23.5. The minimum Gasteiger partial charge on any atom is -0.377 e. The van der Waals surface area contributed by atoms with Gasteiger partial charge in [-0.25, -0.2) is 4.57 Å². The molecule has 0 aliphatic rings. The molecule has 2 aromatic rings. The average Bonchev–Trinajstić information content (AvgIpc) is 3.05. The van der Waals surface area contributed by atoms with Crippen LogP contribution in [0.1, 0.15) is 140 Å². The van der Waals surface area contributed by atoms with Gasteiger partial charge in [0.25, 0.3) is 0 Å². The van der Waals surface area contributed by atoms with Gasteiger partial charge in [-0.15, -0.1) is 0 Å². The van der Waals surface area contributed by atoms with Crippen molar-refractivity contribution >= 4 is 19.4 Å². The molecule has 9 heteroatoms. The number of benzene rings is 2. The van der Waals surface area contributed by atoms with Crippen molar-refractivity contribution < 1.29 is 32.9 Å². The highest BCUT2D eigenvalue weighted by atomic mass is 31.2. The molecule has 2 rings (SSSR count). The van der Waals surface area contributed by atoms with E-state index < -0.39 is 13.9 Å². The molecular weight excluding hydrogens is 647 g/mol. The molecule has 0 aromatic heterocycles. The number of nitrogens with one attached hydrogen (secondary N) is 1. The second-order valence-corrected chi connectivity index (χ2v) is 16.3. The first-order valence-electron chi connectivity index (χ1n) is 19.5. The molecule has 1 amide bonds. The third-order valence-corrected chi connectivity index (χ3v) is 9.64. The van der Waals surface area contributed by atoms with Gasteiger partial charge < -0.3 is 24.3 Å². The van der Waals surface area contributed by atoms with E-state index in [0.29, 0.717) is 37.1 Å². The second kappa shape index (κ2) is 26.7. The summed E-state index contributed by atoms with van der Waals surface area (Å²) in [5.74, 6) is 0.0679. The zero-order chi connectivity index (χ0) is 36.3. The summed E-state index contributed by atoms with van der Waals surface area (Å²) < 4.78 is 22.6. The van der Waals surface area contributed by atoms with E-state index >= 15 is 0 Å². The molecule has 0 aliphatic carbocycles. The van der Waals surface area contributed by atoms with E-state index in [2.05, 4.69) is 29.6 Å². The first-order valence-corrected chi connectivity index (χ1v) is 21.1. The van der Waals surface area contributed by atoms with Crippen molar-refractivity contribution in [2.75, 3.05) is 39.6 Å². The van der Waals surface area contributed by atoms with Crippen molar-refractivity contribution in [1.82, 2.24) is 0 Å². The monoisotopic (exact) mass is 717 g/mol. The molecule has 0 saturated carbocycles. The lowest BCUT2D eigenvalue weighted by molar-refractivity contribution is -0.873. The number of aryl methyl sites for hydroxylation is 1. The number of hydrogen-bond donors (Lipinski definition) is 3. The number of carbonyl (C=O) groups excluding carboxylic acids is 1. The Hall–Kier alpha value is -2.06. The molecule has 0 aliphatic heterocycles. The summed E-state index contributed by atoms with van der Waals surface area (Å²) in [7, 11) is 1.60. The maximum Gasteiger partial charge on any atom is 0.470 e. The number of unbranched alkanes of at least 4 members (excludes halogenated alkanes) is 16. The van der Waals surface area contributed by atoms with Gasteiger partial charge in [0.05, 0.1) is 27.7 Å². The van der Waals surface area contributed by atoms with Crippen LogP contribution in [0.3, 0.4) is 0 Å². The van der Waals surface area contributed by atoms with Gasteiger partial charge in [-0.3, -0.25) is 9.32 Å². The number of hydrogen-bond acceptors (Lipinski definition) is 4. The van der Waals surface area contributed by atoms with Crippen LogP contribution in [0, 0.1) is 0 Å². The van der Waals surface area contributed by atoms with E-state index in [-0.39, 0.29) is 5.91 Å². The lowest BCUT2D eigenvalue weighted by atomic mass is 10.0. The zero-order valence-electron chi connectivity index (χ0n) is 31.7. The van der Waals surface area contributed by atoms with E-state index in [4.69, 9.17) is 9.26 Å². The van der Waals surface area contributed by atoms with Gasteiger partial charge in [0.2, 0.25) is 5.91 Å². The first kappa shape index (κ1) is 44.1. The van der Waals surface area contributed by atoms with E-state index in [0.717, 1.165) is 37.8 Å². The van der Waals surface area contributed by atoms with Crippen LogP contribution >= 0.6 is 7.82 Å². The summed E-state index contributed by atoms with van der Waals surface area (Å²) in [6.07, 6.45) is 24.0. The Balaban J connectivity index is 1.34. The highest BCUT2D eigenvalue weighted by Crippen LogP contribution is 2.39. The number of ether oxygens (including phenoxy) is 1. The van der Waals surface area contributed by atoms with Gasteiger partial charge >= 0.3 is 7.82 Å². The number of amides is 1. The van der Waals surface area contributed by atoms with Crippen molar-refractivity contribution in [3.05, 3.63) is 65.7 Å². The Bertz CT molecular complexity index is 1170. The summed E-state index contributed by atoms with van der Waals surface area (Å²) in [6, 6.07) is 18.5. The summed E-state index contributed by atoms with van der Waals surface area (Å²) in [5, 5.41) is 3.02. The fraction of sp³-hybridized carbons (Fsp3) is 0.683. The summed E-state index contributed by atoms with van der Waals surface area (Å²) >= 11 is 0. The number of nitrogens with zero attached hydrogens (tertiary/aromatic N) is 1. The standard InChI is InChI=1S/C41H69N2O6P/c1-43(2,3)35-40(49-50(45,46)47)28-22-17-15-13-11-9-7-5-4-6-8-10-12-14-16-19-25-37-30-32-39(33-31-37)42-41(44)29-23-24-34-48-36-38-26-20-18-21-27-38/h18,20-21,26-27,30-33,40H,4-17,19,22-25,28-29,34-36H2,1-3H3,(H2-,42,44,45,46,47)/p+1. The van der Waals surface area contributed by atoms with Crippen LogP contribution in [0.2, 0.25) is 0 Å². The highest BCUT2D eigenvalue weighted by Gasteiger charge is 2.26. The summed E-state index contributed by atoms with van der Waals surface area (Å²) in [6.45, 7) is 1.90. The molecule has 0 saturated heterocycles. The van der Waals surface area contributed by atoms with Gasteiger partial charge in [-0.1, -0.05) is 139 Å². The SMILES string of the molecule is C[N+](C)(C)CC(CCCCCCCCCCCCCCCCCCc1ccc(NC(=O)CCCCOCc2ccccc2)cc1)OP(=O)(O)O. The number of phosphoric acid groups is 1. The number of phosphoric ester groups is 1. The van der Waals surface area contributed by atoms with E-state index in [1.807, 2.05) is 51.5 Å². The van der Waals surface area contributed by atoms with Gasteiger partial charge in [-0.05, 0) is 55.4 Å². The molecule has 0 heterocycles. The van der Waals surface area contributed by atoms with Crippen LogP contribution in [0.4, 0.5) is 5.69 Å². The van der Waals surface area contributed by atoms with Crippen LogP contribution in [0.25, 0.3) is 0 Å². The minimum atomic E-state index is -4.44. The zero-order valence-corrected chi connectivity index (χ0v) is 32.6. The summed E-state index contributed by atoms with van der Waals surface area (Å²) in [4.78, 5) is 30.7. The molecule has 0 bridgehead atoms. The van der Waals surface area contributed by atoms with Crippen molar-refractivity contribution in [1.29, 1.82) is 0 Å². The van der Waals surface area contributed by atoms with Gasteiger partial charge in [0.15, 0.2) is 0 Å². The molecule has 2 aromatic carbocycles. The Morgan fingerprint density at radius 3 is 1.72 bits per heavy atom. The predicted molar refractivity (Wildman–Crippen MR) is 207 cm³/mol. The summed E-state index contributed by atoms with van der Waals surface area (Å²) in [5.41, 5.74) is 3.40. The average molecular weight is 718 g/mol. The van der Waals surface area contributed by atoms with Crippen LogP contribution in [-0.2, 0) is 31.6 Å². The predicted octanol–water partition coefficient (Wildman–Crippen LogP) is 10.4. The highest BCUT2D eigenvalue weighted by molar-refractivity contribution is 7.46. The smallest absolute Gasteiger partial charge is 0.377 e. The third-order valence-electron chi connectivity index (χ3n) is 9.07. The number of anilines is 1. The number of quaternary nitrogens is 1. The maximum absolute atomic E-state index is 12.3. The largest absolute Gasteiger partial charge is 0.470 e. The molecule has 0 radical (unpaired) electrons. The molecule has 8 nitrogen and oxygen atoms in total. The normalized spacial score (nSPS) is 12.7. The Labute approximate surface area is 304 Å². The number of likely N-dealkylation sites (N-methyl/N-ethyl adjacent to an activating group) is 1. The molecule has 284 valence electrons. The molecule has 3 N–H and O–H groups in total. The first-order chi connectivity index (χ1) is 24.0. The molecule has 0 fully saturated rings. The van der Waals surface area contributed by atoms with Gasteiger partial charge in [0, 0.05) is 18.7 Å². The van der Waals surface area contributed by atoms with Gasteiger partial charge in [-0.2, -0.15) is 0 Å². The van der Waals surface area contributed by atoms with Crippen molar-refractivity contribution in [3.8, 4) is 0 Å². The van der Waals surface area contributed by atoms with Gasteiger partial charge in [0.1, 0.15) is 12.6 Å². The number of carbonyl (C=O) groups is 1. The fourth-order valence-electron chi connectivity index (χ4n) is 6.39. The van der Waals surface area contributed by atoms with Crippen LogP contribution in [0.15, 0.2) is 54.6 Å². The maximum atomic E-state index is 12.3. The van der Waals surface area contributed by atoms with Crippen LogP contribution in [0.5, 0.6) is 0 Å². The van der Waals surface area contributed by atoms with E-state index in [1.165, 1.54) is 101 Å². The third kappa shape index (κ3) is 25.8. The lowest BCUT2D eigenvalue weighted by Crippen LogP contribution is -2.42. The molecular formula is C41H70N2O6P+. The molecule has 1 unspecified atom stereocenters.